The molecule has 4 heteroatoms. The van der Waals surface area contributed by atoms with Gasteiger partial charge in [-0.3, -0.25) is 0 Å². The van der Waals surface area contributed by atoms with E-state index in [9.17, 15) is 4.39 Å². The zero-order valence-corrected chi connectivity index (χ0v) is 11.5. The van der Waals surface area contributed by atoms with Crippen molar-refractivity contribution in [1.29, 1.82) is 0 Å². The van der Waals surface area contributed by atoms with Crippen molar-refractivity contribution in [2.24, 2.45) is 0 Å². The molecule has 0 bridgehead atoms. The van der Waals surface area contributed by atoms with Crippen molar-refractivity contribution in [3.8, 4) is 5.75 Å². The summed E-state index contributed by atoms with van der Waals surface area (Å²) in [5, 5.41) is 0. The number of aryl methyl sites for hydroxylation is 1. The largest absolute Gasteiger partial charge is 0.493 e. The molecule has 19 heavy (non-hydrogen) atoms. The maximum atomic E-state index is 12.7. The molecule has 0 atom stereocenters. The van der Waals surface area contributed by atoms with Crippen LogP contribution in [-0.2, 0) is 0 Å². The Bertz CT molecular complexity index is 542. The van der Waals surface area contributed by atoms with Gasteiger partial charge in [0.15, 0.2) is 0 Å². The quantitative estimate of drug-likeness (QED) is 0.511. The van der Waals surface area contributed by atoms with E-state index in [0.29, 0.717) is 12.4 Å². The van der Waals surface area contributed by atoms with Crippen LogP contribution in [0.15, 0.2) is 47.4 Å². The summed E-state index contributed by atoms with van der Waals surface area (Å²) in [7, 11) is 0. The molecular weight excluding hydrogens is 261 g/mol. The smallest absolute Gasteiger partial charge is 0.123 e. The lowest BCUT2D eigenvalue weighted by atomic mass is 10.2. The monoisotopic (exact) mass is 277 g/mol. The third-order valence-electron chi connectivity index (χ3n) is 2.62. The Balaban J connectivity index is 1.79. The minimum atomic E-state index is -0.251. The molecule has 0 aliphatic rings. The topological polar surface area (TPSA) is 35.2 Å². The number of anilines is 1. The van der Waals surface area contributed by atoms with E-state index in [4.69, 9.17) is 10.5 Å². The van der Waals surface area contributed by atoms with Crippen molar-refractivity contribution in [2.45, 2.75) is 11.8 Å². The van der Waals surface area contributed by atoms with Crippen LogP contribution in [0.2, 0.25) is 0 Å². The van der Waals surface area contributed by atoms with Crippen LogP contribution in [0.1, 0.15) is 5.56 Å². The summed E-state index contributed by atoms with van der Waals surface area (Å²) >= 11 is 1.72. The highest BCUT2D eigenvalue weighted by molar-refractivity contribution is 7.99. The minimum absolute atomic E-state index is 0.251. The van der Waals surface area contributed by atoms with E-state index in [2.05, 4.69) is 0 Å². The van der Waals surface area contributed by atoms with Crippen LogP contribution in [0.5, 0.6) is 5.75 Å². The second kappa shape index (κ2) is 6.48. The second-order valence-electron chi connectivity index (χ2n) is 4.18. The first kappa shape index (κ1) is 13.7. The fourth-order valence-corrected chi connectivity index (χ4v) is 2.51. The number of hydrogen-bond acceptors (Lipinski definition) is 3. The molecule has 0 aromatic heterocycles. The zero-order valence-electron chi connectivity index (χ0n) is 10.7. The van der Waals surface area contributed by atoms with E-state index in [1.165, 1.54) is 22.6 Å². The van der Waals surface area contributed by atoms with Crippen LogP contribution in [0.4, 0.5) is 10.1 Å². The SMILES string of the molecule is Cc1cc(N)ccc1SCCOc1ccc(F)cc1. The van der Waals surface area contributed by atoms with E-state index in [1.54, 1.807) is 23.9 Å². The summed E-state index contributed by atoms with van der Waals surface area (Å²) in [6.45, 7) is 2.62. The molecule has 2 aromatic carbocycles. The molecule has 0 heterocycles. The first-order valence-corrected chi connectivity index (χ1v) is 7.01. The summed E-state index contributed by atoms with van der Waals surface area (Å²) in [5.41, 5.74) is 7.66. The summed E-state index contributed by atoms with van der Waals surface area (Å²) in [6, 6.07) is 11.9. The summed E-state index contributed by atoms with van der Waals surface area (Å²) in [4.78, 5) is 1.21. The Labute approximate surface area is 116 Å². The number of nitrogens with two attached hydrogens (primary N) is 1. The van der Waals surface area contributed by atoms with Crippen molar-refractivity contribution in [3.05, 3.63) is 53.8 Å². The number of halogens is 1. The van der Waals surface area contributed by atoms with Gasteiger partial charge in [-0.15, -0.1) is 11.8 Å². The highest BCUT2D eigenvalue weighted by Gasteiger charge is 2.00. The second-order valence-corrected chi connectivity index (χ2v) is 5.31. The van der Waals surface area contributed by atoms with Gasteiger partial charge in [0, 0.05) is 16.3 Å². The molecule has 100 valence electrons. The van der Waals surface area contributed by atoms with Crippen molar-refractivity contribution >= 4 is 17.4 Å². The number of rotatable bonds is 5. The van der Waals surface area contributed by atoms with Crippen LogP contribution >= 0.6 is 11.8 Å². The van der Waals surface area contributed by atoms with E-state index in [-0.39, 0.29) is 5.82 Å². The minimum Gasteiger partial charge on any atom is -0.493 e. The summed E-state index contributed by atoms with van der Waals surface area (Å²) in [6.07, 6.45) is 0. The first-order valence-electron chi connectivity index (χ1n) is 6.02. The molecule has 2 N–H and O–H groups in total. The summed E-state index contributed by atoms with van der Waals surface area (Å²) in [5.74, 6) is 1.28. The number of thioether (sulfide) groups is 1. The molecular formula is C15H16FNOS. The van der Waals surface area contributed by atoms with E-state index in [0.717, 1.165) is 11.4 Å². The molecule has 0 unspecified atom stereocenters. The van der Waals surface area contributed by atoms with Gasteiger partial charge in [-0.05, 0) is 55.0 Å². The third kappa shape index (κ3) is 4.17. The normalized spacial score (nSPS) is 10.4. The van der Waals surface area contributed by atoms with Gasteiger partial charge in [-0.1, -0.05) is 0 Å². The predicted molar refractivity (Wildman–Crippen MR) is 78.2 cm³/mol. The van der Waals surface area contributed by atoms with Gasteiger partial charge in [0.05, 0.1) is 6.61 Å². The van der Waals surface area contributed by atoms with Gasteiger partial charge in [-0.2, -0.15) is 0 Å². The fourth-order valence-electron chi connectivity index (χ4n) is 1.68. The average molecular weight is 277 g/mol. The van der Waals surface area contributed by atoms with E-state index >= 15 is 0 Å². The maximum absolute atomic E-state index is 12.7. The molecule has 0 aliphatic heterocycles. The number of hydrogen-bond donors (Lipinski definition) is 1. The molecule has 2 nitrogen and oxygen atoms in total. The molecule has 0 amide bonds. The van der Waals surface area contributed by atoms with Crippen molar-refractivity contribution < 1.29 is 9.13 Å². The molecule has 2 aromatic rings. The Hall–Kier alpha value is -1.68. The molecule has 2 rings (SSSR count). The van der Waals surface area contributed by atoms with E-state index < -0.39 is 0 Å². The Morgan fingerprint density at radius 2 is 1.89 bits per heavy atom. The Morgan fingerprint density at radius 3 is 2.58 bits per heavy atom. The fraction of sp³-hybridized carbons (Fsp3) is 0.200. The number of ether oxygens (including phenoxy) is 1. The molecule has 0 fully saturated rings. The summed E-state index contributed by atoms with van der Waals surface area (Å²) < 4.78 is 18.2. The highest BCUT2D eigenvalue weighted by Crippen LogP contribution is 2.24. The van der Waals surface area contributed by atoms with Crippen molar-refractivity contribution in [2.75, 3.05) is 18.1 Å². The van der Waals surface area contributed by atoms with Crippen LogP contribution in [0.3, 0.4) is 0 Å². The van der Waals surface area contributed by atoms with Gasteiger partial charge in [0.1, 0.15) is 11.6 Å². The van der Waals surface area contributed by atoms with Gasteiger partial charge in [0.2, 0.25) is 0 Å². The first-order chi connectivity index (χ1) is 9.15. The lowest BCUT2D eigenvalue weighted by molar-refractivity contribution is 0.343. The van der Waals surface area contributed by atoms with Gasteiger partial charge in [0.25, 0.3) is 0 Å². The number of nitrogen functional groups attached to an aromatic ring is 1. The molecule has 0 saturated heterocycles. The molecule has 0 spiro atoms. The van der Waals surface area contributed by atoms with Crippen LogP contribution in [0.25, 0.3) is 0 Å². The average Bonchev–Trinajstić information content (AvgIpc) is 2.39. The standard InChI is InChI=1S/C15H16FNOS/c1-11-10-13(17)4-7-15(11)19-9-8-18-14-5-2-12(16)3-6-14/h2-7,10H,8-9,17H2,1H3. The highest BCUT2D eigenvalue weighted by atomic mass is 32.2. The number of benzene rings is 2. The van der Waals surface area contributed by atoms with Crippen LogP contribution < -0.4 is 10.5 Å². The van der Waals surface area contributed by atoms with Gasteiger partial charge >= 0.3 is 0 Å². The molecule has 0 saturated carbocycles. The lowest BCUT2D eigenvalue weighted by Gasteiger charge is -2.08. The van der Waals surface area contributed by atoms with Crippen LogP contribution in [-0.4, -0.2) is 12.4 Å². The Morgan fingerprint density at radius 1 is 1.16 bits per heavy atom. The van der Waals surface area contributed by atoms with Crippen molar-refractivity contribution in [3.63, 3.8) is 0 Å². The molecule has 0 radical (unpaired) electrons. The zero-order chi connectivity index (χ0) is 13.7. The van der Waals surface area contributed by atoms with Gasteiger partial charge in [-0.25, -0.2) is 4.39 Å². The maximum Gasteiger partial charge on any atom is 0.123 e. The van der Waals surface area contributed by atoms with Crippen LogP contribution in [0, 0.1) is 12.7 Å². The molecule has 0 aliphatic carbocycles. The predicted octanol–water partition coefficient (Wildman–Crippen LogP) is 3.89. The Kier molecular flexibility index (Phi) is 4.68. The van der Waals surface area contributed by atoms with Crippen molar-refractivity contribution in [1.82, 2.24) is 0 Å². The third-order valence-corrected chi connectivity index (χ3v) is 3.76. The van der Waals surface area contributed by atoms with Gasteiger partial charge < -0.3 is 10.5 Å². The lowest BCUT2D eigenvalue weighted by Crippen LogP contribution is -2.00. The van der Waals surface area contributed by atoms with E-state index in [1.807, 2.05) is 25.1 Å².